The summed E-state index contributed by atoms with van der Waals surface area (Å²) >= 11 is 0. The summed E-state index contributed by atoms with van der Waals surface area (Å²) in [6, 6.07) is 23.6. The molecule has 0 unspecified atom stereocenters. The monoisotopic (exact) mass is 517 g/mol. The zero-order valence-corrected chi connectivity index (χ0v) is 22.2. The third kappa shape index (κ3) is 6.15. The first-order valence-electron chi connectivity index (χ1n) is 12.0. The SMILES string of the molecule is Cc1ccc(-c2c(NS(=O)(=O)c3ccc(C(C)(C)C)cc3)nc(-c3ccccc3)nc2OCCO)cc1. The molecule has 1 heterocycles. The third-order valence-corrected chi connectivity index (χ3v) is 7.19. The van der Waals surface area contributed by atoms with Gasteiger partial charge in [-0.05, 0) is 35.6 Å². The van der Waals surface area contributed by atoms with Crippen LogP contribution in [0.4, 0.5) is 5.82 Å². The second-order valence-electron chi connectivity index (χ2n) is 9.76. The van der Waals surface area contributed by atoms with Gasteiger partial charge in [0.15, 0.2) is 11.6 Å². The van der Waals surface area contributed by atoms with E-state index in [-0.39, 0.29) is 35.2 Å². The Hall–Kier alpha value is -3.75. The fourth-order valence-electron chi connectivity index (χ4n) is 3.78. The topological polar surface area (TPSA) is 101 Å². The van der Waals surface area contributed by atoms with Crippen LogP contribution in [0.2, 0.25) is 0 Å². The first-order valence-corrected chi connectivity index (χ1v) is 13.5. The van der Waals surface area contributed by atoms with Crippen molar-refractivity contribution < 1.29 is 18.3 Å². The molecule has 0 aliphatic rings. The number of hydrogen-bond donors (Lipinski definition) is 2. The Bertz CT molecular complexity index is 1460. The van der Waals surface area contributed by atoms with Gasteiger partial charge in [-0.15, -0.1) is 0 Å². The number of ether oxygens (including phenoxy) is 1. The maximum atomic E-state index is 13.5. The van der Waals surface area contributed by atoms with Crippen LogP contribution in [0, 0.1) is 6.92 Å². The molecule has 0 aliphatic heterocycles. The summed E-state index contributed by atoms with van der Waals surface area (Å²) in [7, 11) is -4.00. The van der Waals surface area contributed by atoms with Crippen molar-refractivity contribution in [2.45, 2.75) is 38.0 Å². The number of benzene rings is 3. The zero-order valence-electron chi connectivity index (χ0n) is 21.4. The number of aromatic nitrogens is 2. The van der Waals surface area contributed by atoms with E-state index in [1.165, 1.54) is 0 Å². The summed E-state index contributed by atoms with van der Waals surface area (Å²) in [5.74, 6) is 0.559. The molecule has 2 N–H and O–H groups in total. The first-order chi connectivity index (χ1) is 17.6. The molecule has 0 atom stereocenters. The van der Waals surface area contributed by atoms with Gasteiger partial charge in [-0.1, -0.05) is 93.1 Å². The summed E-state index contributed by atoms with van der Waals surface area (Å²) in [4.78, 5) is 9.35. The van der Waals surface area contributed by atoms with E-state index in [0.29, 0.717) is 22.5 Å². The molecular formula is C29H31N3O4S. The van der Waals surface area contributed by atoms with Crippen LogP contribution in [0.1, 0.15) is 31.9 Å². The number of rotatable bonds is 8. The van der Waals surface area contributed by atoms with Crippen LogP contribution in [0.15, 0.2) is 83.8 Å². The van der Waals surface area contributed by atoms with Crippen molar-refractivity contribution in [3.05, 3.63) is 90.0 Å². The molecule has 192 valence electrons. The van der Waals surface area contributed by atoms with Gasteiger partial charge in [0, 0.05) is 5.56 Å². The molecule has 4 rings (SSSR count). The number of aliphatic hydroxyl groups excluding tert-OH is 1. The highest BCUT2D eigenvalue weighted by atomic mass is 32.2. The largest absolute Gasteiger partial charge is 0.475 e. The van der Waals surface area contributed by atoms with Crippen LogP contribution in [-0.4, -0.2) is 36.7 Å². The Kier molecular flexibility index (Phi) is 7.61. The molecule has 0 bridgehead atoms. The van der Waals surface area contributed by atoms with Crippen LogP contribution < -0.4 is 9.46 Å². The van der Waals surface area contributed by atoms with Crippen molar-refractivity contribution in [1.82, 2.24) is 9.97 Å². The fourth-order valence-corrected chi connectivity index (χ4v) is 4.79. The zero-order chi connectivity index (χ0) is 26.6. The number of aryl methyl sites for hydroxylation is 1. The maximum absolute atomic E-state index is 13.5. The molecule has 7 nitrogen and oxygen atoms in total. The number of nitrogens with one attached hydrogen (secondary N) is 1. The van der Waals surface area contributed by atoms with Crippen molar-refractivity contribution in [3.8, 4) is 28.4 Å². The van der Waals surface area contributed by atoms with E-state index in [2.05, 4.69) is 35.5 Å². The van der Waals surface area contributed by atoms with Crippen LogP contribution in [-0.2, 0) is 15.4 Å². The van der Waals surface area contributed by atoms with Gasteiger partial charge in [-0.25, -0.2) is 13.4 Å². The number of aliphatic hydroxyl groups is 1. The molecule has 0 aliphatic carbocycles. The quantitative estimate of drug-likeness (QED) is 0.316. The molecule has 3 aromatic carbocycles. The lowest BCUT2D eigenvalue weighted by Crippen LogP contribution is -2.17. The maximum Gasteiger partial charge on any atom is 0.263 e. The van der Waals surface area contributed by atoms with Gasteiger partial charge in [0.05, 0.1) is 17.1 Å². The molecule has 8 heteroatoms. The average Bonchev–Trinajstić information content (AvgIpc) is 2.88. The molecule has 0 saturated carbocycles. The normalized spacial score (nSPS) is 11.8. The molecule has 0 amide bonds. The minimum absolute atomic E-state index is 0.00937. The van der Waals surface area contributed by atoms with E-state index >= 15 is 0 Å². The molecule has 0 fully saturated rings. The Morgan fingerprint density at radius 1 is 0.865 bits per heavy atom. The van der Waals surface area contributed by atoms with Gasteiger partial charge in [0.2, 0.25) is 5.88 Å². The summed E-state index contributed by atoms with van der Waals surface area (Å²) < 4.78 is 35.5. The lowest BCUT2D eigenvalue weighted by atomic mass is 9.87. The molecule has 37 heavy (non-hydrogen) atoms. The van der Waals surface area contributed by atoms with Gasteiger partial charge < -0.3 is 9.84 Å². The minimum atomic E-state index is -4.00. The van der Waals surface area contributed by atoms with E-state index in [4.69, 9.17) is 4.74 Å². The highest BCUT2D eigenvalue weighted by Gasteiger charge is 2.24. The van der Waals surface area contributed by atoms with Crippen molar-refractivity contribution in [2.75, 3.05) is 17.9 Å². The van der Waals surface area contributed by atoms with Gasteiger partial charge in [0.25, 0.3) is 10.0 Å². The van der Waals surface area contributed by atoms with Crippen molar-refractivity contribution in [3.63, 3.8) is 0 Å². The Morgan fingerprint density at radius 2 is 1.51 bits per heavy atom. The first kappa shape index (κ1) is 26.3. The van der Waals surface area contributed by atoms with Crippen molar-refractivity contribution in [2.24, 2.45) is 0 Å². The van der Waals surface area contributed by atoms with Crippen LogP contribution in [0.5, 0.6) is 5.88 Å². The molecule has 4 aromatic rings. The van der Waals surface area contributed by atoms with Crippen LogP contribution >= 0.6 is 0 Å². The Labute approximate surface area is 218 Å². The predicted molar refractivity (Wildman–Crippen MR) is 146 cm³/mol. The van der Waals surface area contributed by atoms with Gasteiger partial charge >= 0.3 is 0 Å². The lowest BCUT2D eigenvalue weighted by Gasteiger charge is -2.20. The van der Waals surface area contributed by atoms with Gasteiger partial charge in [-0.2, -0.15) is 4.98 Å². The highest BCUT2D eigenvalue weighted by molar-refractivity contribution is 7.92. The summed E-state index contributed by atoms with van der Waals surface area (Å²) in [5.41, 5.74) is 3.73. The fraction of sp³-hybridized carbons (Fsp3) is 0.241. The van der Waals surface area contributed by atoms with Gasteiger partial charge in [-0.3, -0.25) is 4.72 Å². The average molecular weight is 518 g/mol. The van der Waals surface area contributed by atoms with Crippen molar-refractivity contribution in [1.29, 1.82) is 0 Å². The van der Waals surface area contributed by atoms with Crippen LogP contribution in [0.25, 0.3) is 22.5 Å². The molecule has 0 saturated heterocycles. The molecule has 0 radical (unpaired) electrons. The van der Waals surface area contributed by atoms with E-state index in [1.807, 2.05) is 73.7 Å². The summed E-state index contributed by atoms with van der Waals surface area (Å²) in [6.45, 7) is 7.95. The Balaban J connectivity index is 1.87. The van der Waals surface area contributed by atoms with E-state index < -0.39 is 10.0 Å². The molecular weight excluding hydrogens is 486 g/mol. The van der Waals surface area contributed by atoms with Crippen molar-refractivity contribution >= 4 is 15.8 Å². The summed E-state index contributed by atoms with van der Waals surface area (Å²) in [6.07, 6.45) is 0. The second kappa shape index (κ2) is 10.7. The molecule has 0 spiro atoms. The smallest absolute Gasteiger partial charge is 0.263 e. The predicted octanol–water partition coefficient (Wildman–Crippen LogP) is 5.59. The summed E-state index contributed by atoms with van der Waals surface area (Å²) in [5, 5.41) is 9.42. The standard InChI is InChI=1S/C29H31N3O4S/c1-20-10-12-21(13-11-20)25-27(32-37(34,35)24-16-14-23(15-17-24)29(2,3)4)30-26(22-8-6-5-7-9-22)31-28(25)36-19-18-33/h5-17,33H,18-19H2,1-4H3,(H,30,31,32). The highest BCUT2D eigenvalue weighted by Crippen LogP contribution is 2.38. The molecule has 1 aromatic heterocycles. The number of sulfonamides is 1. The Morgan fingerprint density at radius 3 is 2.11 bits per heavy atom. The number of nitrogens with zero attached hydrogens (tertiary/aromatic N) is 2. The second-order valence-corrected chi connectivity index (χ2v) is 11.4. The number of anilines is 1. The lowest BCUT2D eigenvalue weighted by molar-refractivity contribution is 0.197. The van der Waals surface area contributed by atoms with E-state index in [1.54, 1.807) is 12.1 Å². The van der Waals surface area contributed by atoms with Gasteiger partial charge in [0.1, 0.15) is 6.61 Å². The van der Waals surface area contributed by atoms with E-state index in [9.17, 15) is 13.5 Å². The van der Waals surface area contributed by atoms with E-state index in [0.717, 1.165) is 11.1 Å². The minimum Gasteiger partial charge on any atom is -0.475 e. The van der Waals surface area contributed by atoms with Crippen LogP contribution in [0.3, 0.4) is 0 Å². The number of hydrogen-bond acceptors (Lipinski definition) is 6. The third-order valence-electron chi connectivity index (χ3n) is 5.84.